The maximum absolute atomic E-state index is 8.88. The Bertz CT molecular complexity index is 320. The highest BCUT2D eigenvalue weighted by molar-refractivity contribution is 7.12. The van der Waals surface area contributed by atoms with Gasteiger partial charge in [-0.2, -0.15) is 0 Å². The zero-order chi connectivity index (χ0) is 10.7. The van der Waals surface area contributed by atoms with Gasteiger partial charge >= 0.3 is 0 Å². The first-order valence-electron chi connectivity index (χ1n) is 5.57. The molecule has 0 unspecified atom stereocenters. The van der Waals surface area contributed by atoms with E-state index in [1.165, 1.54) is 37.1 Å². The van der Waals surface area contributed by atoms with Crippen molar-refractivity contribution in [2.24, 2.45) is 0 Å². The summed E-state index contributed by atoms with van der Waals surface area (Å²) in [4.78, 5) is 5.47. The number of rotatable bonds is 3. The van der Waals surface area contributed by atoms with Crippen LogP contribution in [0.1, 0.15) is 47.9 Å². The average Bonchev–Trinajstić information content (AvgIpc) is 2.63. The van der Waals surface area contributed by atoms with Gasteiger partial charge in [0, 0.05) is 23.8 Å². The van der Waals surface area contributed by atoms with Crippen LogP contribution in [0.2, 0.25) is 5.15 Å². The molecule has 1 fully saturated rings. The minimum absolute atomic E-state index is 0.159. The standard InChI is InChI=1S/C11H16ClNOS/c12-10-9(6-7-14)15-11(13-10)8-4-2-1-3-5-8/h8,14H,1-7H2. The third-order valence-corrected chi connectivity index (χ3v) is 4.66. The SMILES string of the molecule is OCCc1sc(C2CCCCC2)nc1Cl. The van der Waals surface area contributed by atoms with Gasteiger partial charge < -0.3 is 5.11 Å². The number of halogens is 1. The Hall–Kier alpha value is -0.120. The van der Waals surface area contributed by atoms with Crippen molar-refractivity contribution in [1.82, 2.24) is 4.98 Å². The zero-order valence-corrected chi connectivity index (χ0v) is 10.3. The summed E-state index contributed by atoms with van der Waals surface area (Å²) in [5.74, 6) is 0.619. The summed E-state index contributed by atoms with van der Waals surface area (Å²) in [6, 6.07) is 0. The number of aliphatic hydroxyl groups excluding tert-OH is 1. The lowest BCUT2D eigenvalue weighted by molar-refractivity contribution is 0.300. The molecule has 84 valence electrons. The van der Waals surface area contributed by atoms with E-state index in [0.29, 0.717) is 17.5 Å². The van der Waals surface area contributed by atoms with Crippen molar-refractivity contribution < 1.29 is 5.11 Å². The molecule has 1 aromatic heterocycles. The zero-order valence-electron chi connectivity index (χ0n) is 8.71. The molecule has 0 radical (unpaired) electrons. The summed E-state index contributed by atoms with van der Waals surface area (Å²) in [6.45, 7) is 0.159. The van der Waals surface area contributed by atoms with Gasteiger partial charge in [-0.1, -0.05) is 30.9 Å². The van der Waals surface area contributed by atoms with Crippen LogP contribution < -0.4 is 0 Å². The molecule has 1 aliphatic rings. The van der Waals surface area contributed by atoms with Gasteiger partial charge in [0.15, 0.2) is 0 Å². The molecule has 0 amide bonds. The molecule has 1 N–H and O–H groups in total. The number of thiazole rings is 1. The summed E-state index contributed by atoms with van der Waals surface area (Å²) < 4.78 is 0. The molecule has 2 rings (SSSR count). The largest absolute Gasteiger partial charge is 0.396 e. The number of hydrogen-bond donors (Lipinski definition) is 1. The van der Waals surface area contributed by atoms with Gasteiger partial charge in [0.25, 0.3) is 0 Å². The molecule has 0 saturated heterocycles. The van der Waals surface area contributed by atoms with Crippen molar-refractivity contribution in [1.29, 1.82) is 0 Å². The van der Waals surface area contributed by atoms with E-state index in [9.17, 15) is 0 Å². The minimum Gasteiger partial charge on any atom is -0.396 e. The number of hydrogen-bond acceptors (Lipinski definition) is 3. The summed E-state index contributed by atoms with van der Waals surface area (Å²) in [5, 5.41) is 10.7. The quantitative estimate of drug-likeness (QED) is 0.886. The third kappa shape index (κ3) is 2.71. The molecule has 1 heterocycles. The Balaban J connectivity index is 2.10. The van der Waals surface area contributed by atoms with E-state index in [-0.39, 0.29) is 6.61 Å². The van der Waals surface area contributed by atoms with Crippen molar-refractivity contribution in [3.05, 3.63) is 15.0 Å². The van der Waals surface area contributed by atoms with Crippen LogP contribution in [-0.4, -0.2) is 16.7 Å². The van der Waals surface area contributed by atoms with Crippen molar-refractivity contribution in [3.63, 3.8) is 0 Å². The van der Waals surface area contributed by atoms with Crippen LogP contribution in [0.3, 0.4) is 0 Å². The molecule has 0 aliphatic heterocycles. The molecule has 1 saturated carbocycles. The first kappa shape index (κ1) is 11.4. The number of aromatic nitrogens is 1. The van der Waals surface area contributed by atoms with Crippen LogP contribution in [0.25, 0.3) is 0 Å². The summed E-state index contributed by atoms with van der Waals surface area (Å²) in [6.07, 6.45) is 7.14. The molecular weight excluding hydrogens is 230 g/mol. The lowest BCUT2D eigenvalue weighted by Gasteiger charge is -2.18. The maximum Gasteiger partial charge on any atom is 0.143 e. The second kappa shape index (κ2) is 5.28. The Morgan fingerprint density at radius 3 is 2.73 bits per heavy atom. The first-order valence-corrected chi connectivity index (χ1v) is 6.76. The second-order valence-electron chi connectivity index (χ2n) is 4.07. The second-order valence-corrected chi connectivity index (χ2v) is 5.55. The molecule has 15 heavy (non-hydrogen) atoms. The van der Waals surface area contributed by atoms with Gasteiger partial charge in [-0.3, -0.25) is 0 Å². The molecule has 1 aromatic rings. The van der Waals surface area contributed by atoms with Crippen LogP contribution >= 0.6 is 22.9 Å². The Labute approximate surface area is 99.3 Å². The molecule has 4 heteroatoms. The van der Waals surface area contributed by atoms with E-state index in [1.54, 1.807) is 11.3 Å². The van der Waals surface area contributed by atoms with Gasteiger partial charge in [-0.15, -0.1) is 11.3 Å². The predicted molar refractivity (Wildman–Crippen MR) is 63.7 cm³/mol. The normalized spacial score (nSPS) is 18.3. The summed E-state index contributed by atoms with van der Waals surface area (Å²) in [7, 11) is 0. The number of nitrogens with zero attached hydrogens (tertiary/aromatic N) is 1. The van der Waals surface area contributed by atoms with E-state index >= 15 is 0 Å². The highest BCUT2D eigenvalue weighted by atomic mass is 35.5. The van der Waals surface area contributed by atoms with E-state index < -0.39 is 0 Å². The smallest absolute Gasteiger partial charge is 0.143 e. The third-order valence-electron chi connectivity index (χ3n) is 2.96. The van der Waals surface area contributed by atoms with Crippen LogP contribution in [0.15, 0.2) is 0 Å². The molecule has 2 nitrogen and oxygen atoms in total. The molecular formula is C11H16ClNOS. The molecule has 0 atom stereocenters. The van der Waals surface area contributed by atoms with Gasteiger partial charge in [0.1, 0.15) is 5.15 Å². The van der Waals surface area contributed by atoms with Gasteiger partial charge in [0.05, 0.1) is 5.01 Å². The van der Waals surface area contributed by atoms with Crippen molar-refractivity contribution in [2.75, 3.05) is 6.61 Å². The number of aliphatic hydroxyl groups is 1. The van der Waals surface area contributed by atoms with Crippen LogP contribution in [0.5, 0.6) is 0 Å². The Morgan fingerprint density at radius 1 is 1.33 bits per heavy atom. The highest BCUT2D eigenvalue weighted by Crippen LogP contribution is 2.37. The van der Waals surface area contributed by atoms with Gasteiger partial charge in [0.2, 0.25) is 0 Å². The average molecular weight is 246 g/mol. The fourth-order valence-electron chi connectivity index (χ4n) is 2.13. The monoisotopic (exact) mass is 245 g/mol. The van der Waals surface area contributed by atoms with Crippen LogP contribution in [-0.2, 0) is 6.42 Å². The molecule has 0 spiro atoms. The fourth-order valence-corrected chi connectivity index (χ4v) is 3.60. The van der Waals surface area contributed by atoms with Crippen LogP contribution in [0, 0.1) is 0 Å². The minimum atomic E-state index is 0.159. The summed E-state index contributed by atoms with van der Waals surface area (Å²) in [5.41, 5.74) is 0. The first-order chi connectivity index (χ1) is 7.31. The van der Waals surface area contributed by atoms with Gasteiger partial charge in [-0.05, 0) is 12.8 Å². The topological polar surface area (TPSA) is 33.1 Å². The predicted octanol–water partition coefficient (Wildman–Crippen LogP) is 3.38. The molecule has 0 bridgehead atoms. The van der Waals surface area contributed by atoms with Crippen molar-refractivity contribution in [2.45, 2.75) is 44.4 Å². The highest BCUT2D eigenvalue weighted by Gasteiger charge is 2.20. The fraction of sp³-hybridized carbons (Fsp3) is 0.727. The van der Waals surface area contributed by atoms with Gasteiger partial charge in [-0.25, -0.2) is 4.98 Å². The molecule has 1 aliphatic carbocycles. The maximum atomic E-state index is 8.88. The van der Waals surface area contributed by atoms with Crippen molar-refractivity contribution >= 4 is 22.9 Å². The molecule has 0 aromatic carbocycles. The van der Waals surface area contributed by atoms with E-state index in [4.69, 9.17) is 16.7 Å². The van der Waals surface area contributed by atoms with E-state index in [0.717, 1.165) is 4.88 Å². The summed E-state index contributed by atoms with van der Waals surface area (Å²) >= 11 is 7.72. The van der Waals surface area contributed by atoms with E-state index in [2.05, 4.69) is 4.98 Å². The van der Waals surface area contributed by atoms with Crippen LogP contribution in [0.4, 0.5) is 0 Å². The van der Waals surface area contributed by atoms with Crippen molar-refractivity contribution in [3.8, 4) is 0 Å². The Kier molecular flexibility index (Phi) is 4.00. The lowest BCUT2D eigenvalue weighted by Crippen LogP contribution is -2.03. The Morgan fingerprint density at radius 2 is 2.07 bits per heavy atom. The lowest BCUT2D eigenvalue weighted by atomic mass is 9.90. The van der Waals surface area contributed by atoms with E-state index in [1.807, 2.05) is 0 Å².